The zero-order valence-electron chi connectivity index (χ0n) is 12.6. The number of hydrogen-bond donors (Lipinski definition) is 1. The number of hydrogen-bond acceptors (Lipinski definition) is 3. The van der Waals surface area contributed by atoms with Crippen molar-refractivity contribution >= 4 is 15.9 Å². The average Bonchev–Trinajstić information content (AvgIpc) is 2.64. The van der Waals surface area contributed by atoms with Gasteiger partial charge in [-0.25, -0.2) is 8.42 Å². The largest absolute Gasteiger partial charge is 0.353 e. The van der Waals surface area contributed by atoms with Gasteiger partial charge in [0.25, 0.3) is 0 Å². The van der Waals surface area contributed by atoms with Crippen LogP contribution in [0.25, 0.3) is 0 Å². The zero-order chi connectivity index (χ0) is 14.9. The second-order valence-electron chi connectivity index (χ2n) is 6.17. The Balaban J connectivity index is 1.98. The van der Waals surface area contributed by atoms with Gasteiger partial charge in [-0.2, -0.15) is 4.31 Å². The van der Waals surface area contributed by atoms with Gasteiger partial charge in [-0.1, -0.05) is 13.8 Å². The molecule has 2 fully saturated rings. The molecule has 1 amide bonds. The van der Waals surface area contributed by atoms with Crippen molar-refractivity contribution < 1.29 is 13.2 Å². The minimum absolute atomic E-state index is 0.0794. The first-order valence-corrected chi connectivity index (χ1v) is 9.50. The maximum Gasteiger partial charge on any atom is 0.223 e. The lowest BCUT2D eigenvalue weighted by Gasteiger charge is -2.37. The van der Waals surface area contributed by atoms with Gasteiger partial charge in [-0.15, -0.1) is 0 Å². The maximum atomic E-state index is 12.1. The molecule has 0 saturated carbocycles. The van der Waals surface area contributed by atoms with Crippen molar-refractivity contribution in [3.63, 3.8) is 0 Å². The van der Waals surface area contributed by atoms with Gasteiger partial charge in [-0.3, -0.25) is 4.79 Å². The Morgan fingerprint density at radius 3 is 2.10 bits per heavy atom. The molecule has 2 aliphatic rings. The van der Waals surface area contributed by atoms with Gasteiger partial charge in [0.1, 0.15) is 0 Å². The van der Waals surface area contributed by atoms with Gasteiger partial charge in [0.05, 0.1) is 6.26 Å². The fourth-order valence-electron chi connectivity index (χ4n) is 3.77. The Morgan fingerprint density at radius 2 is 1.70 bits per heavy atom. The molecule has 5 nitrogen and oxygen atoms in total. The zero-order valence-corrected chi connectivity index (χ0v) is 13.4. The molecule has 2 saturated heterocycles. The van der Waals surface area contributed by atoms with E-state index in [-0.39, 0.29) is 30.0 Å². The van der Waals surface area contributed by atoms with Gasteiger partial charge in [0, 0.05) is 24.0 Å². The van der Waals surface area contributed by atoms with Crippen LogP contribution in [0.3, 0.4) is 0 Å². The van der Waals surface area contributed by atoms with Crippen LogP contribution in [-0.2, 0) is 14.8 Å². The molecule has 2 bridgehead atoms. The van der Waals surface area contributed by atoms with Gasteiger partial charge in [0.2, 0.25) is 15.9 Å². The molecule has 0 aliphatic carbocycles. The SMILES string of the molecule is CCC(CC)C(=O)NC1CC2CCC(C1)N2S(C)(=O)=O. The van der Waals surface area contributed by atoms with Crippen LogP contribution in [0, 0.1) is 5.92 Å². The molecule has 0 aromatic heterocycles. The number of piperidine rings is 1. The molecule has 2 aliphatic heterocycles. The van der Waals surface area contributed by atoms with Gasteiger partial charge in [0.15, 0.2) is 0 Å². The number of carbonyl (C=O) groups is 1. The Morgan fingerprint density at radius 1 is 1.20 bits per heavy atom. The van der Waals surface area contributed by atoms with E-state index in [2.05, 4.69) is 5.32 Å². The lowest BCUT2D eigenvalue weighted by Crippen LogP contribution is -2.52. The standard InChI is InChI=1S/C14H26N2O3S/c1-4-10(5-2)14(17)15-11-8-12-6-7-13(9-11)16(12)20(3,18)19/h10-13H,4-9H2,1-3H3,(H,15,17). The third-order valence-electron chi connectivity index (χ3n) is 4.75. The Hall–Kier alpha value is -0.620. The predicted octanol–water partition coefficient (Wildman–Crippen LogP) is 1.49. The van der Waals surface area contributed by atoms with Crippen molar-refractivity contribution in [2.24, 2.45) is 5.92 Å². The van der Waals surface area contributed by atoms with Crippen LogP contribution in [0.4, 0.5) is 0 Å². The first-order valence-electron chi connectivity index (χ1n) is 7.65. The highest BCUT2D eigenvalue weighted by Gasteiger charge is 2.45. The van der Waals surface area contributed by atoms with Crippen LogP contribution >= 0.6 is 0 Å². The number of amides is 1. The molecule has 0 aromatic rings. The van der Waals surface area contributed by atoms with Crippen LogP contribution in [0.2, 0.25) is 0 Å². The summed E-state index contributed by atoms with van der Waals surface area (Å²) in [6, 6.07) is 0.296. The molecule has 6 heteroatoms. The highest BCUT2D eigenvalue weighted by Crippen LogP contribution is 2.37. The second-order valence-corrected chi connectivity index (χ2v) is 8.06. The van der Waals surface area contributed by atoms with Crippen LogP contribution in [0.5, 0.6) is 0 Å². The summed E-state index contributed by atoms with van der Waals surface area (Å²) in [4.78, 5) is 12.1. The van der Waals surface area contributed by atoms with Crippen molar-refractivity contribution in [1.82, 2.24) is 9.62 Å². The minimum Gasteiger partial charge on any atom is -0.353 e. The summed E-state index contributed by atoms with van der Waals surface area (Å²) in [7, 11) is -3.12. The molecule has 0 aromatic carbocycles. The molecule has 2 heterocycles. The first-order chi connectivity index (χ1) is 9.36. The lowest BCUT2D eigenvalue weighted by atomic mass is 9.97. The van der Waals surface area contributed by atoms with E-state index < -0.39 is 10.0 Å². The van der Waals surface area contributed by atoms with Crippen LogP contribution in [0.1, 0.15) is 52.4 Å². The lowest BCUT2D eigenvalue weighted by molar-refractivity contribution is -0.126. The molecule has 2 rings (SSSR count). The van der Waals surface area contributed by atoms with E-state index in [1.165, 1.54) is 6.26 Å². The fourth-order valence-corrected chi connectivity index (χ4v) is 5.24. The molecule has 0 radical (unpaired) electrons. The molecule has 1 N–H and O–H groups in total. The topological polar surface area (TPSA) is 66.5 Å². The predicted molar refractivity (Wildman–Crippen MR) is 78.7 cm³/mol. The highest BCUT2D eigenvalue weighted by atomic mass is 32.2. The number of nitrogens with one attached hydrogen (secondary N) is 1. The van der Waals surface area contributed by atoms with E-state index in [4.69, 9.17) is 0 Å². The summed E-state index contributed by atoms with van der Waals surface area (Å²) in [5.41, 5.74) is 0. The van der Waals surface area contributed by atoms with Gasteiger partial charge in [-0.05, 0) is 38.5 Å². The second kappa shape index (κ2) is 6.02. The third kappa shape index (κ3) is 3.17. The van der Waals surface area contributed by atoms with Crippen molar-refractivity contribution in [2.75, 3.05) is 6.26 Å². The van der Waals surface area contributed by atoms with Crippen molar-refractivity contribution in [3.8, 4) is 0 Å². The average molecular weight is 302 g/mol. The summed E-state index contributed by atoms with van der Waals surface area (Å²) in [6.45, 7) is 4.06. The Kier molecular flexibility index (Phi) is 4.74. The van der Waals surface area contributed by atoms with Crippen LogP contribution < -0.4 is 5.32 Å². The molecule has 20 heavy (non-hydrogen) atoms. The van der Waals surface area contributed by atoms with Crippen molar-refractivity contribution in [1.29, 1.82) is 0 Å². The van der Waals surface area contributed by atoms with Crippen LogP contribution in [0.15, 0.2) is 0 Å². The summed E-state index contributed by atoms with van der Waals surface area (Å²) in [5, 5.41) is 3.13. The summed E-state index contributed by atoms with van der Waals surface area (Å²) in [5.74, 6) is 0.216. The fraction of sp³-hybridized carbons (Fsp3) is 0.929. The van der Waals surface area contributed by atoms with E-state index in [0.717, 1.165) is 38.5 Å². The smallest absolute Gasteiger partial charge is 0.223 e. The van der Waals surface area contributed by atoms with E-state index >= 15 is 0 Å². The van der Waals surface area contributed by atoms with Crippen LogP contribution in [-0.4, -0.2) is 43.0 Å². The monoisotopic (exact) mass is 302 g/mol. The van der Waals surface area contributed by atoms with E-state index in [0.29, 0.717) is 0 Å². The number of carbonyl (C=O) groups excluding carboxylic acids is 1. The number of rotatable bonds is 5. The summed E-state index contributed by atoms with van der Waals surface area (Å²) >= 11 is 0. The van der Waals surface area contributed by atoms with E-state index in [1.807, 2.05) is 13.8 Å². The number of nitrogens with zero attached hydrogens (tertiary/aromatic N) is 1. The third-order valence-corrected chi connectivity index (χ3v) is 6.11. The molecule has 2 unspecified atom stereocenters. The normalized spacial score (nSPS) is 30.7. The Labute approximate surface area is 122 Å². The minimum atomic E-state index is -3.12. The molecule has 0 spiro atoms. The van der Waals surface area contributed by atoms with Gasteiger partial charge >= 0.3 is 0 Å². The van der Waals surface area contributed by atoms with Gasteiger partial charge < -0.3 is 5.32 Å². The highest BCUT2D eigenvalue weighted by molar-refractivity contribution is 7.88. The van der Waals surface area contributed by atoms with E-state index in [1.54, 1.807) is 4.31 Å². The number of sulfonamides is 1. The number of fused-ring (bicyclic) bond motifs is 2. The quantitative estimate of drug-likeness (QED) is 0.837. The molecule has 2 atom stereocenters. The maximum absolute atomic E-state index is 12.1. The molecular weight excluding hydrogens is 276 g/mol. The van der Waals surface area contributed by atoms with Crippen molar-refractivity contribution in [3.05, 3.63) is 0 Å². The molecule has 116 valence electrons. The van der Waals surface area contributed by atoms with E-state index in [9.17, 15) is 13.2 Å². The van der Waals surface area contributed by atoms with Crippen molar-refractivity contribution in [2.45, 2.75) is 70.5 Å². The Bertz CT molecular complexity index is 445. The summed E-state index contributed by atoms with van der Waals surface area (Å²) < 4.78 is 25.3. The first kappa shape index (κ1) is 15.8. The summed E-state index contributed by atoms with van der Waals surface area (Å²) in [6.07, 6.45) is 6.38. The molecular formula is C14H26N2O3S.